The molecule has 0 spiro atoms. The number of aliphatic imine (C=N–C) groups is 1. The van der Waals surface area contributed by atoms with Crippen LogP contribution in [0.15, 0.2) is 58.3 Å². The molecule has 138 valence electrons. The van der Waals surface area contributed by atoms with Crippen LogP contribution in [-0.4, -0.2) is 30.1 Å². The Morgan fingerprint density at radius 3 is 2.59 bits per heavy atom. The lowest BCUT2D eigenvalue weighted by Crippen LogP contribution is -2.10. The van der Waals surface area contributed by atoms with E-state index in [1.807, 2.05) is 44.2 Å². The van der Waals surface area contributed by atoms with Crippen LogP contribution in [-0.2, 0) is 6.42 Å². The molecule has 0 fully saturated rings. The third-order valence-corrected chi connectivity index (χ3v) is 4.51. The van der Waals surface area contributed by atoms with Crippen LogP contribution in [0.25, 0.3) is 10.9 Å². The number of carbonyl (C=O) groups excluding carboxylic acids is 1. The Kier molecular flexibility index (Phi) is 5.50. The van der Waals surface area contributed by atoms with E-state index in [4.69, 9.17) is 4.74 Å². The van der Waals surface area contributed by atoms with E-state index in [0.717, 1.165) is 28.7 Å². The summed E-state index contributed by atoms with van der Waals surface area (Å²) in [6, 6.07) is 14.5. The first-order valence-corrected chi connectivity index (χ1v) is 8.81. The van der Waals surface area contributed by atoms with Gasteiger partial charge in [-0.3, -0.25) is 14.6 Å². The standard InChI is InChI=1S/C22H22N2O3/c1-14-4-9-18(19-10-11-21(26)24-22(14)19)20(25)13-23-15(2)12-16-5-7-17(27-3)8-6-16/h4-11,13,15H,12H2,1-3H3,(H,24,26)/b23-13+. The molecule has 2 aromatic carbocycles. The molecule has 0 aliphatic rings. The molecule has 5 heteroatoms. The predicted octanol–water partition coefficient (Wildman–Crippen LogP) is 3.73. The first-order valence-electron chi connectivity index (χ1n) is 8.81. The van der Waals surface area contributed by atoms with Crippen molar-refractivity contribution in [2.24, 2.45) is 4.99 Å². The highest BCUT2D eigenvalue weighted by atomic mass is 16.5. The monoisotopic (exact) mass is 362 g/mol. The minimum absolute atomic E-state index is 0.0288. The van der Waals surface area contributed by atoms with Gasteiger partial charge in [-0.05, 0) is 55.7 Å². The normalized spacial score (nSPS) is 12.4. The molecule has 0 saturated carbocycles. The zero-order valence-corrected chi connectivity index (χ0v) is 15.7. The number of rotatable bonds is 6. The number of carbonyl (C=O) groups is 1. The van der Waals surface area contributed by atoms with E-state index in [1.54, 1.807) is 19.2 Å². The number of benzene rings is 2. The molecule has 1 heterocycles. The molecule has 0 radical (unpaired) electrons. The molecule has 0 aliphatic carbocycles. The molecule has 3 rings (SSSR count). The van der Waals surface area contributed by atoms with Crippen molar-refractivity contribution in [1.82, 2.24) is 4.98 Å². The molecular formula is C22H22N2O3. The van der Waals surface area contributed by atoms with E-state index >= 15 is 0 Å². The van der Waals surface area contributed by atoms with Crippen LogP contribution in [0.4, 0.5) is 0 Å². The number of nitrogens with zero attached hydrogens (tertiary/aromatic N) is 1. The fraction of sp³-hybridized carbons (Fsp3) is 0.227. The number of ketones is 1. The Morgan fingerprint density at radius 1 is 1.15 bits per heavy atom. The van der Waals surface area contributed by atoms with Gasteiger partial charge in [0.25, 0.3) is 0 Å². The smallest absolute Gasteiger partial charge is 0.248 e. The van der Waals surface area contributed by atoms with Crippen molar-refractivity contribution in [1.29, 1.82) is 0 Å². The lowest BCUT2D eigenvalue weighted by Gasteiger charge is -2.08. The Bertz CT molecular complexity index is 1050. The molecule has 1 unspecified atom stereocenters. The quantitative estimate of drug-likeness (QED) is 0.536. The van der Waals surface area contributed by atoms with Gasteiger partial charge in [0.2, 0.25) is 11.3 Å². The molecule has 5 nitrogen and oxygen atoms in total. The fourth-order valence-electron chi connectivity index (χ4n) is 3.03. The maximum Gasteiger partial charge on any atom is 0.248 e. The highest BCUT2D eigenvalue weighted by molar-refractivity contribution is 6.38. The van der Waals surface area contributed by atoms with E-state index in [-0.39, 0.29) is 17.4 Å². The van der Waals surface area contributed by atoms with Gasteiger partial charge in [-0.2, -0.15) is 0 Å². The Balaban J connectivity index is 1.77. The number of H-pyrrole nitrogens is 1. The van der Waals surface area contributed by atoms with E-state index in [9.17, 15) is 9.59 Å². The van der Waals surface area contributed by atoms with Gasteiger partial charge >= 0.3 is 0 Å². The minimum atomic E-state index is -0.183. The van der Waals surface area contributed by atoms with Gasteiger partial charge in [0, 0.05) is 17.0 Å². The van der Waals surface area contributed by atoms with Crippen LogP contribution in [0.1, 0.15) is 28.4 Å². The molecular weight excluding hydrogens is 340 g/mol. The zero-order chi connectivity index (χ0) is 19.4. The van der Waals surface area contributed by atoms with E-state index in [0.29, 0.717) is 11.1 Å². The third kappa shape index (κ3) is 4.31. The van der Waals surface area contributed by atoms with Crippen LogP contribution in [0.5, 0.6) is 5.75 Å². The van der Waals surface area contributed by atoms with Crippen LogP contribution < -0.4 is 10.3 Å². The molecule has 0 amide bonds. The summed E-state index contributed by atoms with van der Waals surface area (Å²) in [6.07, 6.45) is 2.11. The number of fused-ring (bicyclic) bond motifs is 1. The van der Waals surface area contributed by atoms with Crippen molar-refractivity contribution in [2.45, 2.75) is 26.3 Å². The fourth-order valence-corrected chi connectivity index (χ4v) is 3.03. The number of ether oxygens (including phenoxy) is 1. The number of aromatic amines is 1. The number of pyridine rings is 1. The summed E-state index contributed by atoms with van der Waals surface area (Å²) >= 11 is 0. The Morgan fingerprint density at radius 2 is 1.89 bits per heavy atom. The zero-order valence-electron chi connectivity index (χ0n) is 15.7. The number of aromatic nitrogens is 1. The van der Waals surface area contributed by atoms with Crippen LogP contribution in [0.2, 0.25) is 0 Å². The van der Waals surface area contributed by atoms with Crippen molar-refractivity contribution in [2.75, 3.05) is 7.11 Å². The first kappa shape index (κ1) is 18.6. The topological polar surface area (TPSA) is 71.5 Å². The largest absolute Gasteiger partial charge is 0.497 e. The minimum Gasteiger partial charge on any atom is -0.497 e. The van der Waals surface area contributed by atoms with Gasteiger partial charge in [-0.25, -0.2) is 0 Å². The van der Waals surface area contributed by atoms with Crippen molar-refractivity contribution in [3.05, 3.63) is 75.6 Å². The number of hydrogen-bond acceptors (Lipinski definition) is 4. The molecule has 0 aliphatic heterocycles. The highest BCUT2D eigenvalue weighted by Gasteiger charge is 2.11. The van der Waals surface area contributed by atoms with Gasteiger partial charge < -0.3 is 9.72 Å². The van der Waals surface area contributed by atoms with Gasteiger partial charge in [-0.1, -0.05) is 18.2 Å². The molecule has 0 saturated heterocycles. The van der Waals surface area contributed by atoms with Crippen molar-refractivity contribution < 1.29 is 9.53 Å². The van der Waals surface area contributed by atoms with Crippen molar-refractivity contribution >= 4 is 22.9 Å². The van der Waals surface area contributed by atoms with Gasteiger partial charge in [0.05, 0.1) is 24.9 Å². The predicted molar refractivity (Wildman–Crippen MR) is 108 cm³/mol. The number of nitrogens with one attached hydrogen (secondary N) is 1. The summed E-state index contributed by atoms with van der Waals surface area (Å²) in [7, 11) is 1.64. The maximum absolute atomic E-state index is 12.6. The number of methoxy groups -OCH3 is 1. The second kappa shape index (κ2) is 7.99. The first-order chi connectivity index (χ1) is 13.0. The third-order valence-electron chi connectivity index (χ3n) is 4.51. The van der Waals surface area contributed by atoms with Gasteiger partial charge in [0.1, 0.15) is 5.75 Å². The van der Waals surface area contributed by atoms with Gasteiger partial charge in [0.15, 0.2) is 0 Å². The second-order valence-corrected chi connectivity index (χ2v) is 6.58. The van der Waals surface area contributed by atoms with Crippen molar-refractivity contribution in [3.63, 3.8) is 0 Å². The van der Waals surface area contributed by atoms with Crippen molar-refractivity contribution in [3.8, 4) is 5.75 Å². The summed E-state index contributed by atoms with van der Waals surface area (Å²) < 4.78 is 5.16. The summed E-state index contributed by atoms with van der Waals surface area (Å²) in [5, 5.41) is 0.730. The average Bonchev–Trinajstić information content (AvgIpc) is 2.67. The molecule has 27 heavy (non-hydrogen) atoms. The molecule has 0 bridgehead atoms. The van der Waals surface area contributed by atoms with Gasteiger partial charge in [-0.15, -0.1) is 0 Å². The molecule has 1 N–H and O–H groups in total. The lowest BCUT2D eigenvalue weighted by atomic mass is 10.0. The number of aryl methyl sites for hydroxylation is 1. The number of hydrogen-bond donors (Lipinski definition) is 1. The average molecular weight is 362 g/mol. The summed E-state index contributed by atoms with van der Waals surface area (Å²) in [6.45, 7) is 3.87. The van der Waals surface area contributed by atoms with E-state index < -0.39 is 0 Å². The molecule has 1 aromatic heterocycles. The van der Waals surface area contributed by atoms with Crippen LogP contribution >= 0.6 is 0 Å². The summed E-state index contributed by atoms with van der Waals surface area (Å²) in [5.74, 6) is 0.642. The maximum atomic E-state index is 12.6. The Labute approximate surface area is 157 Å². The number of Topliss-reactive ketones (excluding diaryl/α,β-unsaturated/α-hetero) is 1. The highest BCUT2D eigenvalue weighted by Crippen LogP contribution is 2.19. The van der Waals surface area contributed by atoms with Crippen LogP contribution in [0, 0.1) is 6.92 Å². The second-order valence-electron chi connectivity index (χ2n) is 6.58. The van der Waals surface area contributed by atoms with E-state index in [2.05, 4.69) is 9.98 Å². The molecule has 3 aromatic rings. The SMILES string of the molecule is COc1ccc(CC(C)/N=C/C(=O)c2ccc(C)c3[nH]c(=O)ccc23)cc1. The summed E-state index contributed by atoms with van der Waals surface area (Å²) in [5.41, 5.74) is 3.09. The van der Waals surface area contributed by atoms with Crippen LogP contribution in [0.3, 0.4) is 0 Å². The van der Waals surface area contributed by atoms with E-state index in [1.165, 1.54) is 12.3 Å². The lowest BCUT2D eigenvalue weighted by molar-refractivity contribution is 0.107. The molecule has 1 atom stereocenters. The Hall–Kier alpha value is -3.21. The summed E-state index contributed by atoms with van der Waals surface area (Å²) in [4.78, 5) is 31.4.